The number of esters is 1. The molecule has 66 heavy (non-hydrogen) atoms. The molecule has 0 spiro atoms. The van der Waals surface area contributed by atoms with E-state index in [1.165, 1.54) is 89.9 Å². The van der Waals surface area contributed by atoms with Gasteiger partial charge in [0.15, 0.2) is 12.6 Å². The van der Waals surface area contributed by atoms with Crippen molar-refractivity contribution in [3.8, 4) is 0 Å². The van der Waals surface area contributed by atoms with Crippen molar-refractivity contribution in [1.29, 1.82) is 0 Å². The zero-order chi connectivity index (χ0) is 48.0. The predicted octanol–water partition coefficient (Wildman–Crippen LogP) is 7.80. The molecule has 2 aliphatic heterocycles. The summed E-state index contributed by atoms with van der Waals surface area (Å²) in [5.41, 5.74) is 0. The van der Waals surface area contributed by atoms with Gasteiger partial charge in [-0.05, 0) is 70.6 Å². The Morgan fingerprint density at radius 3 is 1.48 bits per heavy atom. The molecule has 14 heteroatoms. The first-order valence-corrected chi connectivity index (χ1v) is 26.1. The third kappa shape index (κ3) is 27.4. The topological polar surface area (TPSA) is 214 Å². The SMILES string of the molecule is CCCCCC/C=C\C/C=C\CCCCCCCC(=O)OC(COCCCCCCCC/C=C\CCCCCCCC)COC1OC(COC2OC(CO)C(O)C(O)C2O)C(O)C(O)C1O. The molecule has 2 fully saturated rings. The van der Waals surface area contributed by atoms with Crippen LogP contribution in [0.1, 0.15) is 187 Å². The van der Waals surface area contributed by atoms with Gasteiger partial charge in [0.05, 0.1) is 26.4 Å². The summed E-state index contributed by atoms with van der Waals surface area (Å²) in [7, 11) is 0. The third-order valence-electron chi connectivity index (χ3n) is 12.4. The van der Waals surface area contributed by atoms with Gasteiger partial charge in [-0.2, -0.15) is 0 Å². The maximum atomic E-state index is 13.0. The molecular formula is C52H94O14. The lowest BCUT2D eigenvalue weighted by molar-refractivity contribution is -0.332. The van der Waals surface area contributed by atoms with E-state index in [9.17, 15) is 40.5 Å². The van der Waals surface area contributed by atoms with Crippen LogP contribution in [0.4, 0.5) is 0 Å². The Hall–Kier alpha value is -1.79. The van der Waals surface area contributed by atoms with E-state index >= 15 is 0 Å². The Bertz CT molecular complexity index is 1230. The van der Waals surface area contributed by atoms with E-state index in [1.54, 1.807) is 0 Å². The van der Waals surface area contributed by atoms with Crippen LogP contribution in [0.3, 0.4) is 0 Å². The second-order valence-corrected chi connectivity index (χ2v) is 18.3. The number of unbranched alkanes of at least 4 members (excludes halogenated alkanes) is 21. The molecule has 14 nitrogen and oxygen atoms in total. The molecule has 0 aromatic heterocycles. The van der Waals surface area contributed by atoms with Crippen molar-refractivity contribution in [3.63, 3.8) is 0 Å². The van der Waals surface area contributed by atoms with Crippen LogP contribution < -0.4 is 0 Å². The van der Waals surface area contributed by atoms with Gasteiger partial charge >= 0.3 is 5.97 Å². The number of hydrogen-bond donors (Lipinski definition) is 7. The summed E-state index contributed by atoms with van der Waals surface area (Å²) in [5, 5.41) is 72.1. The average Bonchev–Trinajstić information content (AvgIpc) is 3.31. The van der Waals surface area contributed by atoms with Crippen LogP contribution in [0, 0.1) is 0 Å². The fourth-order valence-corrected chi connectivity index (χ4v) is 8.07. The van der Waals surface area contributed by atoms with Crippen LogP contribution in [0.25, 0.3) is 0 Å². The standard InChI is InChI=1S/C52H94O14/c1-3-5-7-9-11-13-15-17-19-21-23-25-27-29-31-33-35-44(54)64-41(38-61-36-34-32-30-28-26-24-22-20-18-16-14-12-10-8-6-4-2)39-62-51-50(60)48(58)46(56)43(66-51)40-63-52-49(59)47(57)45(55)42(37-53)65-52/h13,15,18-21,41-43,45-53,55-60H,3-12,14,16-17,22-40H2,1-2H3/b15-13-,20-18-,21-19-. The first-order valence-electron chi connectivity index (χ1n) is 26.1. The molecule has 7 N–H and O–H groups in total. The Labute approximate surface area is 398 Å². The summed E-state index contributed by atoms with van der Waals surface area (Å²) in [5.74, 6) is -0.392. The van der Waals surface area contributed by atoms with Crippen LogP contribution in [0.2, 0.25) is 0 Å². The van der Waals surface area contributed by atoms with Crippen molar-refractivity contribution in [1.82, 2.24) is 0 Å². The molecule has 0 bridgehead atoms. The highest BCUT2D eigenvalue weighted by molar-refractivity contribution is 5.69. The van der Waals surface area contributed by atoms with Crippen molar-refractivity contribution in [2.45, 2.75) is 255 Å². The first kappa shape index (κ1) is 60.3. The summed E-state index contributed by atoms with van der Waals surface area (Å²) in [6, 6.07) is 0. The second kappa shape index (κ2) is 40.0. The zero-order valence-electron chi connectivity index (χ0n) is 40.9. The maximum absolute atomic E-state index is 13.0. The lowest BCUT2D eigenvalue weighted by Gasteiger charge is -2.42. The molecule has 0 radical (unpaired) electrons. The average molecular weight is 943 g/mol. The highest BCUT2D eigenvalue weighted by Crippen LogP contribution is 2.26. The summed E-state index contributed by atoms with van der Waals surface area (Å²) in [4.78, 5) is 13.0. The molecular weight excluding hydrogens is 849 g/mol. The number of hydrogen-bond acceptors (Lipinski definition) is 14. The number of allylic oxidation sites excluding steroid dienone is 6. The van der Waals surface area contributed by atoms with Gasteiger partial charge in [0.2, 0.25) is 0 Å². The molecule has 2 aliphatic rings. The number of carbonyl (C=O) groups is 1. The minimum absolute atomic E-state index is 0.0523. The fourth-order valence-electron chi connectivity index (χ4n) is 8.07. The summed E-state index contributed by atoms with van der Waals surface area (Å²) >= 11 is 0. The van der Waals surface area contributed by atoms with Gasteiger partial charge < -0.3 is 64.2 Å². The van der Waals surface area contributed by atoms with E-state index in [2.05, 4.69) is 50.3 Å². The minimum atomic E-state index is -1.71. The van der Waals surface area contributed by atoms with Crippen molar-refractivity contribution >= 4 is 5.97 Å². The highest BCUT2D eigenvalue weighted by Gasteiger charge is 2.47. The van der Waals surface area contributed by atoms with E-state index in [0.29, 0.717) is 13.0 Å². The van der Waals surface area contributed by atoms with Gasteiger partial charge in [0.1, 0.15) is 54.9 Å². The number of ether oxygens (including phenoxy) is 6. The van der Waals surface area contributed by atoms with E-state index in [0.717, 1.165) is 70.6 Å². The largest absolute Gasteiger partial charge is 0.457 e. The normalized spacial score (nSPS) is 26.6. The van der Waals surface area contributed by atoms with E-state index in [1.807, 2.05) is 0 Å². The molecule has 11 atom stereocenters. The second-order valence-electron chi connectivity index (χ2n) is 18.3. The van der Waals surface area contributed by atoms with Crippen LogP contribution in [-0.2, 0) is 33.2 Å². The van der Waals surface area contributed by atoms with E-state index < -0.39 is 86.7 Å². The quantitative estimate of drug-likeness (QED) is 0.0177. The lowest BCUT2D eigenvalue weighted by atomic mass is 9.98. The van der Waals surface area contributed by atoms with Crippen LogP contribution in [-0.4, -0.2) is 142 Å². The number of aliphatic hydroxyl groups excluding tert-OH is 7. The number of rotatable bonds is 41. The Balaban J connectivity index is 1.78. The smallest absolute Gasteiger partial charge is 0.306 e. The summed E-state index contributed by atoms with van der Waals surface area (Å²) in [6.45, 7) is 3.64. The molecule has 2 rings (SSSR count). The van der Waals surface area contributed by atoms with Crippen molar-refractivity contribution in [2.24, 2.45) is 0 Å². The van der Waals surface area contributed by atoms with Crippen molar-refractivity contribution < 1.29 is 69.0 Å². The molecule has 11 unspecified atom stereocenters. The predicted molar refractivity (Wildman–Crippen MR) is 256 cm³/mol. The van der Waals surface area contributed by atoms with Crippen molar-refractivity contribution in [3.05, 3.63) is 36.5 Å². The van der Waals surface area contributed by atoms with Gasteiger partial charge in [-0.15, -0.1) is 0 Å². The van der Waals surface area contributed by atoms with Crippen LogP contribution >= 0.6 is 0 Å². The lowest BCUT2D eigenvalue weighted by Crippen LogP contribution is -2.61. The monoisotopic (exact) mass is 943 g/mol. The van der Waals surface area contributed by atoms with E-state index in [4.69, 9.17) is 28.4 Å². The summed E-state index contributed by atoms with van der Waals surface area (Å²) < 4.78 is 34.3. The fraction of sp³-hybridized carbons (Fsp3) is 0.865. The number of aliphatic hydroxyl groups is 7. The maximum Gasteiger partial charge on any atom is 0.306 e. The molecule has 2 heterocycles. The Morgan fingerprint density at radius 1 is 0.500 bits per heavy atom. The molecule has 0 aromatic carbocycles. The minimum Gasteiger partial charge on any atom is -0.457 e. The van der Waals surface area contributed by atoms with Crippen molar-refractivity contribution in [2.75, 3.05) is 33.0 Å². The van der Waals surface area contributed by atoms with Gasteiger partial charge in [-0.3, -0.25) is 4.79 Å². The molecule has 0 saturated carbocycles. The van der Waals surface area contributed by atoms with Gasteiger partial charge in [0.25, 0.3) is 0 Å². The molecule has 0 aliphatic carbocycles. The molecule has 0 aromatic rings. The van der Waals surface area contributed by atoms with Gasteiger partial charge in [-0.1, -0.05) is 147 Å². The zero-order valence-corrected chi connectivity index (χ0v) is 40.9. The van der Waals surface area contributed by atoms with Gasteiger partial charge in [0, 0.05) is 13.0 Å². The van der Waals surface area contributed by atoms with E-state index in [-0.39, 0.29) is 19.6 Å². The van der Waals surface area contributed by atoms with Crippen LogP contribution in [0.5, 0.6) is 0 Å². The highest BCUT2D eigenvalue weighted by atomic mass is 16.7. The van der Waals surface area contributed by atoms with Crippen LogP contribution in [0.15, 0.2) is 36.5 Å². The Kier molecular flexibility index (Phi) is 36.6. The van der Waals surface area contributed by atoms with Gasteiger partial charge in [-0.25, -0.2) is 0 Å². The Morgan fingerprint density at radius 2 is 0.939 bits per heavy atom. The number of carbonyl (C=O) groups excluding carboxylic acids is 1. The first-order chi connectivity index (χ1) is 32.1. The summed E-state index contributed by atoms with van der Waals surface area (Å²) in [6.07, 6.45) is 27.7. The molecule has 0 amide bonds. The molecule has 386 valence electrons. The molecule has 2 saturated heterocycles. The third-order valence-corrected chi connectivity index (χ3v) is 12.4.